The SMILES string of the molecule is CC(C)CC1CCC(c2ccc(OCCC[Si](N=C=S)(N=C=S)N=C=S)cc2)CC1. The van der Waals surface area contributed by atoms with E-state index in [1.807, 2.05) is 0 Å². The Kier molecular flexibility index (Phi) is 10.9. The van der Waals surface area contributed by atoms with Crippen LogP contribution in [0.2, 0.25) is 6.04 Å². The third-order valence-electron chi connectivity index (χ3n) is 5.60. The molecular formula is C22H29N3OS3Si. The molecule has 2 rings (SSSR count). The van der Waals surface area contributed by atoms with Crippen LogP contribution in [0.25, 0.3) is 0 Å². The van der Waals surface area contributed by atoms with E-state index in [4.69, 9.17) is 41.4 Å². The quantitative estimate of drug-likeness (QED) is 0.149. The van der Waals surface area contributed by atoms with Gasteiger partial charge in [0.05, 0.1) is 22.1 Å². The van der Waals surface area contributed by atoms with E-state index < -0.39 is 8.56 Å². The lowest BCUT2D eigenvalue weighted by atomic mass is 9.76. The van der Waals surface area contributed by atoms with Crippen molar-refractivity contribution in [1.29, 1.82) is 0 Å². The summed E-state index contributed by atoms with van der Waals surface area (Å²) in [5.41, 5.74) is 1.43. The molecule has 0 saturated heterocycles. The van der Waals surface area contributed by atoms with Gasteiger partial charge in [-0.05, 0) is 111 Å². The molecule has 1 aliphatic rings. The lowest BCUT2D eigenvalue weighted by Crippen LogP contribution is -2.28. The molecule has 0 atom stereocenters. The largest absolute Gasteiger partial charge is 0.494 e. The first-order chi connectivity index (χ1) is 14.5. The average Bonchev–Trinajstić information content (AvgIpc) is 2.73. The van der Waals surface area contributed by atoms with Crippen LogP contribution in [-0.4, -0.2) is 30.6 Å². The minimum atomic E-state index is -2.83. The highest BCUT2D eigenvalue weighted by atomic mass is 32.1. The van der Waals surface area contributed by atoms with Gasteiger partial charge in [-0.2, -0.15) is 0 Å². The van der Waals surface area contributed by atoms with Gasteiger partial charge in [0, 0.05) is 6.04 Å². The molecule has 1 aromatic rings. The van der Waals surface area contributed by atoms with Crippen LogP contribution in [0.3, 0.4) is 0 Å². The number of thiocarbonyl (C=S) groups is 3. The summed E-state index contributed by atoms with van der Waals surface area (Å²) in [5, 5.41) is 7.07. The van der Waals surface area contributed by atoms with Crippen LogP contribution in [0.15, 0.2) is 38.2 Å². The monoisotopic (exact) mass is 475 g/mol. The molecule has 0 aliphatic heterocycles. The predicted molar refractivity (Wildman–Crippen MR) is 136 cm³/mol. The Morgan fingerprint density at radius 2 is 1.53 bits per heavy atom. The van der Waals surface area contributed by atoms with E-state index in [9.17, 15) is 0 Å². The van der Waals surface area contributed by atoms with Gasteiger partial charge >= 0.3 is 8.56 Å². The van der Waals surface area contributed by atoms with Crippen molar-refractivity contribution >= 4 is 60.7 Å². The maximum atomic E-state index is 5.90. The molecule has 8 heteroatoms. The van der Waals surface area contributed by atoms with Gasteiger partial charge in [-0.3, -0.25) is 0 Å². The summed E-state index contributed by atoms with van der Waals surface area (Å²) in [7, 11) is -2.83. The Morgan fingerprint density at radius 1 is 0.967 bits per heavy atom. The van der Waals surface area contributed by atoms with Crippen molar-refractivity contribution in [3.05, 3.63) is 29.8 Å². The maximum absolute atomic E-state index is 5.90. The molecule has 30 heavy (non-hydrogen) atoms. The Hall–Kier alpha value is -1.36. The highest BCUT2D eigenvalue weighted by molar-refractivity contribution is 7.78. The molecule has 1 aromatic carbocycles. The number of hydrogen-bond donors (Lipinski definition) is 0. The Morgan fingerprint density at radius 3 is 2.03 bits per heavy atom. The lowest BCUT2D eigenvalue weighted by Gasteiger charge is -2.29. The van der Waals surface area contributed by atoms with Gasteiger partial charge in [0.25, 0.3) is 0 Å². The second-order valence-electron chi connectivity index (χ2n) is 8.25. The lowest BCUT2D eigenvalue weighted by molar-refractivity contribution is 0.282. The Bertz CT molecular complexity index is 773. The molecule has 0 aromatic heterocycles. The van der Waals surface area contributed by atoms with Crippen molar-refractivity contribution in [2.24, 2.45) is 25.8 Å². The van der Waals surface area contributed by atoms with Gasteiger partial charge in [0.2, 0.25) is 0 Å². The van der Waals surface area contributed by atoms with E-state index >= 15 is 0 Å². The van der Waals surface area contributed by atoms with Crippen molar-refractivity contribution in [2.45, 2.75) is 64.3 Å². The summed E-state index contributed by atoms with van der Waals surface area (Å²) in [4.78, 5) is 0. The number of benzene rings is 1. The van der Waals surface area contributed by atoms with E-state index in [-0.39, 0.29) is 0 Å². The van der Waals surface area contributed by atoms with Crippen LogP contribution < -0.4 is 4.74 Å². The smallest absolute Gasteiger partial charge is 0.461 e. The zero-order valence-corrected chi connectivity index (χ0v) is 21.1. The number of hydrogen-bond acceptors (Lipinski definition) is 7. The van der Waals surface area contributed by atoms with E-state index in [1.54, 1.807) is 0 Å². The number of nitrogens with zero attached hydrogens (tertiary/aromatic N) is 3. The third kappa shape index (κ3) is 8.05. The van der Waals surface area contributed by atoms with Crippen LogP contribution >= 0.6 is 36.7 Å². The summed E-state index contributed by atoms with van der Waals surface area (Å²) in [5.74, 6) is 3.27. The molecule has 0 unspecified atom stereocenters. The van der Waals surface area contributed by atoms with Crippen molar-refractivity contribution in [3.63, 3.8) is 0 Å². The second-order valence-corrected chi connectivity index (χ2v) is 11.5. The van der Waals surface area contributed by atoms with Gasteiger partial charge in [-0.15, -0.1) is 0 Å². The van der Waals surface area contributed by atoms with Crippen LogP contribution in [-0.2, 0) is 0 Å². The summed E-state index contributed by atoms with van der Waals surface area (Å²) in [6.07, 6.45) is 7.37. The molecule has 0 bridgehead atoms. The van der Waals surface area contributed by atoms with E-state index in [1.165, 1.54) is 37.7 Å². The van der Waals surface area contributed by atoms with Gasteiger partial charge in [0.1, 0.15) is 5.75 Å². The standard InChI is InChI=1S/C22H29N3OS3Si/c1-18(2)14-19-4-6-20(7-5-19)21-8-10-22(11-9-21)26-12-3-13-30(23-15-27,24-16-28)25-17-29/h8-11,18-20H,3-7,12-14H2,1-2H3. The van der Waals surface area contributed by atoms with Crippen LogP contribution in [0.5, 0.6) is 5.75 Å². The van der Waals surface area contributed by atoms with E-state index in [0.29, 0.717) is 25.0 Å². The van der Waals surface area contributed by atoms with Gasteiger partial charge in [-0.25, -0.2) is 14.0 Å². The van der Waals surface area contributed by atoms with Gasteiger partial charge in [-0.1, -0.05) is 26.0 Å². The molecule has 0 heterocycles. The molecule has 1 fully saturated rings. The minimum absolute atomic E-state index is 0.529. The van der Waals surface area contributed by atoms with Crippen molar-refractivity contribution in [3.8, 4) is 5.75 Å². The van der Waals surface area contributed by atoms with Gasteiger partial charge < -0.3 is 4.74 Å². The first-order valence-corrected chi connectivity index (χ1v) is 13.8. The Balaban J connectivity index is 1.83. The van der Waals surface area contributed by atoms with Crippen LogP contribution in [0, 0.1) is 11.8 Å². The third-order valence-corrected chi connectivity index (χ3v) is 8.80. The normalized spacial score (nSPS) is 20.2. The summed E-state index contributed by atoms with van der Waals surface area (Å²) < 4.78 is 18.3. The summed E-state index contributed by atoms with van der Waals surface area (Å²) in [6, 6.07) is 9.14. The maximum Gasteiger partial charge on any atom is 0.461 e. The number of ether oxygens (including phenoxy) is 1. The highest BCUT2D eigenvalue weighted by Crippen LogP contribution is 2.38. The van der Waals surface area contributed by atoms with Crippen molar-refractivity contribution in [1.82, 2.24) is 0 Å². The van der Waals surface area contributed by atoms with E-state index in [2.05, 4.69) is 67.6 Å². The number of rotatable bonds is 11. The molecule has 0 spiro atoms. The minimum Gasteiger partial charge on any atom is -0.494 e. The first-order valence-electron chi connectivity index (χ1n) is 10.5. The predicted octanol–water partition coefficient (Wildman–Crippen LogP) is 7.02. The molecule has 160 valence electrons. The Labute approximate surface area is 197 Å². The zero-order chi connectivity index (χ0) is 21.8. The summed E-state index contributed by atoms with van der Waals surface area (Å²) >= 11 is 14.2. The van der Waals surface area contributed by atoms with Gasteiger partial charge in [0.15, 0.2) is 0 Å². The molecule has 0 amide bonds. The fourth-order valence-electron chi connectivity index (χ4n) is 4.20. The fraction of sp³-hybridized carbons (Fsp3) is 0.591. The van der Waals surface area contributed by atoms with Crippen molar-refractivity contribution in [2.75, 3.05) is 6.61 Å². The number of isothiocyanates is 3. The highest BCUT2D eigenvalue weighted by Gasteiger charge is 2.34. The average molecular weight is 476 g/mol. The second kappa shape index (κ2) is 13.1. The molecule has 0 radical (unpaired) electrons. The van der Waals surface area contributed by atoms with Crippen LogP contribution in [0.1, 0.15) is 63.9 Å². The zero-order valence-electron chi connectivity index (χ0n) is 17.7. The molecular weight excluding hydrogens is 447 g/mol. The molecule has 1 saturated carbocycles. The summed E-state index contributed by atoms with van der Waals surface area (Å²) in [6.45, 7) is 5.18. The molecule has 4 nitrogen and oxygen atoms in total. The van der Waals surface area contributed by atoms with Crippen molar-refractivity contribution < 1.29 is 4.74 Å². The topological polar surface area (TPSA) is 46.3 Å². The first kappa shape index (κ1) is 24.9. The molecule has 0 N–H and O–H groups in total. The van der Waals surface area contributed by atoms with E-state index in [0.717, 1.165) is 17.6 Å². The fourth-order valence-corrected chi connectivity index (χ4v) is 7.05. The molecule has 1 aliphatic carbocycles. The van der Waals surface area contributed by atoms with Crippen LogP contribution in [0.4, 0.5) is 0 Å².